The summed E-state index contributed by atoms with van der Waals surface area (Å²) in [7, 11) is 4.20. The summed E-state index contributed by atoms with van der Waals surface area (Å²) in [5, 5.41) is 0. The van der Waals surface area contributed by atoms with Crippen molar-refractivity contribution in [2.75, 3.05) is 32.1 Å². The molecule has 1 rings (SSSR count). The molecular formula is C14H24N2S. The van der Waals surface area contributed by atoms with Gasteiger partial charge < -0.3 is 10.6 Å². The quantitative estimate of drug-likeness (QED) is 0.789. The van der Waals surface area contributed by atoms with Crippen LogP contribution in [0.2, 0.25) is 0 Å². The number of thioether (sulfide) groups is 1. The zero-order valence-corrected chi connectivity index (χ0v) is 12.2. The molecule has 0 saturated carbocycles. The monoisotopic (exact) mass is 252 g/mol. The second-order valence-corrected chi connectivity index (χ2v) is 5.99. The van der Waals surface area contributed by atoms with Gasteiger partial charge in [0.15, 0.2) is 0 Å². The molecule has 0 aromatic heterocycles. The third kappa shape index (κ3) is 5.11. The lowest BCUT2D eigenvalue weighted by molar-refractivity contribution is 0.437. The molecule has 1 atom stereocenters. The van der Waals surface area contributed by atoms with Crippen molar-refractivity contribution in [3.63, 3.8) is 0 Å². The van der Waals surface area contributed by atoms with E-state index in [1.807, 2.05) is 11.8 Å². The average Bonchev–Trinajstić information content (AvgIpc) is 2.27. The minimum Gasteiger partial charge on any atom is -0.323 e. The van der Waals surface area contributed by atoms with Crippen LogP contribution in [-0.2, 0) is 0 Å². The number of rotatable bonds is 6. The average molecular weight is 252 g/mol. The Kier molecular flexibility index (Phi) is 6.03. The van der Waals surface area contributed by atoms with Gasteiger partial charge in [-0.3, -0.25) is 0 Å². The molecule has 1 aromatic rings. The first kappa shape index (κ1) is 14.6. The number of nitrogens with two attached hydrogens (primary N) is 1. The summed E-state index contributed by atoms with van der Waals surface area (Å²) in [5.41, 5.74) is 10.1. The molecule has 0 heterocycles. The number of aryl methyl sites for hydroxylation is 2. The summed E-state index contributed by atoms with van der Waals surface area (Å²) >= 11 is 1.93. The van der Waals surface area contributed by atoms with Crippen LogP contribution in [0.15, 0.2) is 18.2 Å². The molecule has 17 heavy (non-hydrogen) atoms. The molecule has 0 amide bonds. The maximum Gasteiger partial charge on any atom is 0.0389 e. The van der Waals surface area contributed by atoms with Gasteiger partial charge in [0, 0.05) is 24.1 Å². The highest BCUT2D eigenvalue weighted by Gasteiger charge is 2.09. The van der Waals surface area contributed by atoms with Crippen molar-refractivity contribution >= 4 is 11.8 Å². The normalized spacial score (nSPS) is 13.1. The Hall–Kier alpha value is -0.510. The van der Waals surface area contributed by atoms with Crippen molar-refractivity contribution in [1.29, 1.82) is 0 Å². The molecule has 0 aliphatic carbocycles. The minimum absolute atomic E-state index is 0.155. The van der Waals surface area contributed by atoms with Gasteiger partial charge in [-0.15, -0.1) is 0 Å². The van der Waals surface area contributed by atoms with E-state index >= 15 is 0 Å². The molecule has 1 unspecified atom stereocenters. The summed E-state index contributed by atoms with van der Waals surface area (Å²) in [6, 6.07) is 6.67. The predicted octanol–water partition coefficient (Wildman–Crippen LogP) is 2.60. The van der Waals surface area contributed by atoms with Gasteiger partial charge in [-0.2, -0.15) is 11.8 Å². The number of hydrogen-bond donors (Lipinski definition) is 1. The lowest BCUT2D eigenvalue weighted by atomic mass is 10.0. The molecule has 3 heteroatoms. The van der Waals surface area contributed by atoms with Crippen molar-refractivity contribution in [3.8, 4) is 0 Å². The molecule has 2 nitrogen and oxygen atoms in total. The lowest BCUT2D eigenvalue weighted by Crippen LogP contribution is -2.18. The first-order valence-corrected chi connectivity index (χ1v) is 7.21. The molecule has 0 saturated heterocycles. The maximum atomic E-state index is 6.25. The third-order valence-electron chi connectivity index (χ3n) is 2.81. The Morgan fingerprint density at radius 2 is 2.00 bits per heavy atom. The van der Waals surface area contributed by atoms with Crippen molar-refractivity contribution < 1.29 is 0 Å². The van der Waals surface area contributed by atoms with Crippen LogP contribution in [0.4, 0.5) is 0 Å². The van der Waals surface area contributed by atoms with E-state index in [0.717, 1.165) is 18.1 Å². The van der Waals surface area contributed by atoms with Gasteiger partial charge in [0.1, 0.15) is 0 Å². The fourth-order valence-electron chi connectivity index (χ4n) is 1.71. The molecule has 2 N–H and O–H groups in total. The van der Waals surface area contributed by atoms with Crippen LogP contribution in [0.3, 0.4) is 0 Å². The van der Waals surface area contributed by atoms with E-state index in [2.05, 4.69) is 51.0 Å². The largest absolute Gasteiger partial charge is 0.323 e. The molecule has 0 aliphatic rings. The molecule has 0 spiro atoms. The van der Waals surface area contributed by atoms with E-state index in [4.69, 9.17) is 5.73 Å². The smallest absolute Gasteiger partial charge is 0.0389 e. The molecule has 0 radical (unpaired) electrons. The van der Waals surface area contributed by atoms with Crippen LogP contribution in [-0.4, -0.2) is 37.0 Å². The van der Waals surface area contributed by atoms with Crippen LogP contribution in [0.5, 0.6) is 0 Å². The summed E-state index contributed by atoms with van der Waals surface area (Å²) in [4.78, 5) is 2.20. The second-order valence-electron chi connectivity index (χ2n) is 4.84. The molecule has 0 bridgehead atoms. The van der Waals surface area contributed by atoms with Gasteiger partial charge in [-0.25, -0.2) is 0 Å². The van der Waals surface area contributed by atoms with Crippen molar-refractivity contribution in [1.82, 2.24) is 4.90 Å². The standard InChI is InChI=1S/C14H24N2S/c1-11-5-6-12(2)13(9-11)14(15)10-17-8-7-16(3)4/h5-6,9,14H,7-8,10,15H2,1-4H3. The van der Waals surface area contributed by atoms with Crippen LogP contribution in [0.25, 0.3) is 0 Å². The van der Waals surface area contributed by atoms with Gasteiger partial charge >= 0.3 is 0 Å². The highest BCUT2D eigenvalue weighted by Crippen LogP contribution is 2.20. The van der Waals surface area contributed by atoms with Gasteiger partial charge in [0.2, 0.25) is 0 Å². The fraction of sp³-hybridized carbons (Fsp3) is 0.571. The van der Waals surface area contributed by atoms with E-state index < -0.39 is 0 Å². The van der Waals surface area contributed by atoms with Crippen molar-refractivity contribution in [2.45, 2.75) is 19.9 Å². The van der Waals surface area contributed by atoms with Crippen molar-refractivity contribution in [3.05, 3.63) is 34.9 Å². The van der Waals surface area contributed by atoms with Gasteiger partial charge in [-0.1, -0.05) is 23.8 Å². The van der Waals surface area contributed by atoms with Crippen LogP contribution in [0.1, 0.15) is 22.7 Å². The second kappa shape index (κ2) is 7.04. The highest BCUT2D eigenvalue weighted by atomic mass is 32.2. The van der Waals surface area contributed by atoms with Crippen LogP contribution in [0, 0.1) is 13.8 Å². The molecular weight excluding hydrogens is 228 g/mol. The maximum absolute atomic E-state index is 6.25. The fourth-order valence-corrected chi connectivity index (χ4v) is 2.80. The van der Waals surface area contributed by atoms with Crippen LogP contribution < -0.4 is 5.73 Å². The Balaban J connectivity index is 2.46. The summed E-state index contributed by atoms with van der Waals surface area (Å²) in [6.45, 7) is 5.37. The minimum atomic E-state index is 0.155. The Bertz CT molecular complexity index is 350. The van der Waals surface area contributed by atoms with E-state index in [1.165, 1.54) is 16.7 Å². The van der Waals surface area contributed by atoms with Gasteiger partial charge in [0.05, 0.1) is 0 Å². The Morgan fingerprint density at radius 3 is 2.65 bits per heavy atom. The third-order valence-corrected chi connectivity index (χ3v) is 3.88. The Labute approximate surface area is 110 Å². The zero-order chi connectivity index (χ0) is 12.8. The van der Waals surface area contributed by atoms with Crippen LogP contribution >= 0.6 is 11.8 Å². The predicted molar refractivity (Wildman–Crippen MR) is 78.7 cm³/mol. The SMILES string of the molecule is Cc1ccc(C)c(C(N)CSCCN(C)C)c1. The van der Waals surface area contributed by atoms with E-state index in [9.17, 15) is 0 Å². The molecule has 1 aromatic carbocycles. The Morgan fingerprint density at radius 1 is 1.29 bits per heavy atom. The molecule has 0 fully saturated rings. The van der Waals surface area contributed by atoms with Crippen molar-refractivity contribution in [2.24, 2.45) is 5.73 Å². The van der Waals surface area contributed by atoms with Gasteiger partial charge in [-0.05, 0) is 39.1 Å². The van der Waals surface area contributed by atoms with E-state index in [-0.39, 0.29) is 6.04 Å². The molecule has 0 aliphatic heterocycles. The summed E-state index contributed by atoms with van der Waals surface area (Å²) in [6.07, 6.45) is 0. The highest BCUT2D eigenvalue weighted by molar-refractivity contribution is 7.99. The lowest BCUT2D eigenvalue weighted by Gasteiger charge is -2.16. The zero-order valence-electron chi connectivity index (χ0n) is 11.4. The number of hydrogen-bond acceptors (Lipinski definition) is 3. The summed E-state index contributed by atoms with van der Waals surface area (Å²) in [5.74, 6) is 2.14. The first-order valence-electron chi connectivity index (χ1n) is 6.06. The molecule has 96 valence electrons. The number of nitrogens with zero attached hydrogens (tertiary/aromatic N) is 1. The first-order chi connectivity index (χ1) is 8.00. The summed E-state index contributed by atoms with van der Waals surface area (Å²) < 4.78 is 0. The van der Waals surface area contributed by atoms with E-state index in [0.29, 0.717) is 0 Å². The number of benzene rings is 1. The topological polar surface area (TPSA) is 29.3 Å². The van der Waals surface area contributed by atoms with Gasteiger partial charge in [0.25, 0.3) is 0 Å². The van der Waals surface area contributed by atoms with E-state index in [1.54, 1.807) is 0 Å².